The highest BCUT2D eigenvalue weighted by Crippen LogP contribution is 2.58. The number of esters is 2. The Labute approximate surface area is 493 Å². The number of hydrogen-bond donors (Lipinski definition) is 0. The molecule has 0 N–H and O–H groups in total. The molecular formula is C72H54N2O12. The Hall–Kier alpha value is -10.9. The molecule has 2 aliphatic rings. The Kier molecular flexibility index (Phi) is 13.3. The second-order valence-electron chi connectivity index (χ2n) is 23.2. The average Bonchev–Trinajstić information content (AvgIpc) is 0.681. The molecule has 0 aliphatic carbocycles. The van der Waals surface area contributed by atoms with Crippen molar-refractivity contribution in [2.45, 2.75) is 52.4 Å². The monoisotopic (exact) mass is 1140 g/mol. The molecule has 2 heterocycles. The zero-order valence-corrected chi connectivity index (χ0v) is 47.7. The van der Waals surface area contributed by atoms with Gasteiger partial charge in [-0.1, -0.05) is 139 Å². The van der Waals surface area contributed by atoms with Gasteiger partial charge in [-0.15, -0.1) is 0 Å². The molecule has 0 spiro atoms. The van der Waals surface area contributed by atoms with Gasteiger partial charge >= 0.3 is 11.9 Å². The zero-order valence-electron chi connectivity index (χ0n) is 47.7. The van der Waals surface area contributed by atoms with E-state index < -0.39 is 48.7 Å². The molecule has 0 atom stereocenters. The lowest BCUT2D eigenvalue weighted by Crippen LogP contribution is -2.44. The van der Waals surface area contributed by atoms with Crippen LogP contribution in [-0.4, -0.2) is 58.5 Å². The fourth-order valence-electron chi connectivity index (χ4n) is 11.3. The van der Waals surface area contributed by atoms with E-state index in [1.54, 1.807) is 121 Å². The summed E-state index contributed by atoms with van der Waals surface area (Å²) in [5.41, 5.74) is 1.70. The second-order valence-corrected chi connectivity index (χ2v) is 23.2. The van der Waals surface area contributed by atoms with Crippen LogP contribution in [0.2, 0.25) is 0 Å². The van der Waals surface area contributed by atoms with Crippen LogP contribution in [0.4, 0.5) is 0 Å². The van der Waals surface area contributed by atoms with Gasteiger partial charge in [0.25, 0.3) is 23.6 Å². The van der Waals surface area contributed by atoms with Crippen molar-refractivity contribution in [1.29, 1.82) is 0 Å². The van der Waals surface area contributed by atoms with Crippen molar-refractivity contribution < 1.29 is 57.2 Å². The van der Waals surface area contributed by atoms with Gasteiger partial charge in [0, 0.05) is 43.1 Å². The fraction of sp³-hybridized carbons (Fsp3) is 0.139. The topological polar surface area (TPSA) is 164 Å². The Morgan fingerprint density at radius 1 is 0.314 bits per heavy atom. The number of ether oxygens (including phenoxy) is 6. The summed E-state index contributed by atoms with van der Waals surface area (Å²) in [6, 6.07) is 55.7. The van der Waals surface area contributed by atoms with Crippen LogP contribution in [0.3, 0.4) is 0 Å². The molecule has 86 heavy (non-hydrogen) atoms. The molecule has 4 amide bonds. The Balaban J connectivity index is 1.09. The van der Waals surface area contributed by atoms with Gasteiger partial charge in [-0.05, 0) is 119 Å². The molecule has 424 valence electrons. The van der Waals surface area contributed by atoms with E-state index in [4.69, 9.17) is 28.4 Å². The van der Waals surface area contributed by atoms with Crippen molar-refractivity contribution in [3.63, 3.8) is 0 Å². The first-order chi connectivity index (χ1) is 41.4. The summed E-state index contributed by atoms with van der Waals surface area (Å²) < 4.78 is 39.4. The molecule has 0 bridgehead atoms. The van der Waals surface area contributed by atoms with Crippen molar-refractivity contribution in [3.8, 4) is 57.5 Å². The number of carbonyl (C=O) groups is 6. The number of fused-ring (bicyclic) bond motifs is 2. The summed E-state index contributed by atoms with van der Waals surface area (Å²) in [6.45, 7) is 10.9. The molecule has 2 aliphatic heterocycles. The number of para-hydroxylation sites is 4. The van der Waals surface area contributed by atoms with E-state index in [0.717, 1.165) is 20.9 Å². The minimum Gasteiger partial charge on any atom is -0.457 e. The van der Waals surface area contributed by atoms with Crippen molar-refractivity contribution in [2.24, 2.45) is 0 Å². The first-order valence-corrected chi connectivity index (χ1v) is 28.0. The third-order valence-corrected chi connectivity index (χ3v) is 15.4. The standard InChI is InChI=1S/C72H54N2O12/c1-71(2,3)41-27-31-47(32-28-41)85-57(75)39-73-67(77)49-35-53(81-43-19-11-7-12-20-43)61-63-55(83-45-23-15-9-16-24-45)37-51-60-52(70(80)74(69(51)79)40-58(76)86-48-33-29-42(30-34-48)72(4,5)6)38-56(84-46-25-17-10-18-26-46)64(66(60)63)62-54(82-44-21-13-8-14-22-44)36-50(68(73)78)59(49)65(61)62/h7-38H,39-40H2,1-6H3. The number of hydrogen-bond acceptors (Lipinski definition) is 12. The minimum atomic E-state index is -0.865. The molecule has 13 rings (SSSR count). The van der Waals surface area contributed by atoms with Crippen LogP contribution >= 0.6 is 0 Å². The SMILES string of the molecule is CC(C)(C)c1ccc(OC(=O)CN2C(=O)c3cc(Oc4ccccc4)c4c5c(Oc6ccccc6)cc6c7c(cc(Oc8ccccc8)c(c8c(Oc9ccccc9)cc(c3c48)C2=O)c75)C(=O)N(CC(=O)Oc2ccc(C(C)(C)C)cc2)C6=O)cc1. The summed E-state index contributed by atoms with van der Waals surface area (Å²) in [5, 5.41) is 2.15. The van der Waals surface area contributed by atoms with Gasteiger partial charge in [0.15, 0.2) is 0 Å². The number of nitrogens with zero attached hydrogens (tertiary/aromatic N) is 2. The highest BCUT2D eigenvalue weighted by molar-refractivity contribution is 6.45. The lowest BCUT2D eigenvalue weighted by Gasteiger charge is -2.32. The molecular weight excluding hydrogens is 1080 g/mol. The summed E-state index contributed by atoms with van der Waals surface area (Å²) in [6.07, 6.45) is 0. The lowest BCUT2D eigenvalue weighted by molar-refractivity contribution is -0.135. The third kappa shape index (κ3) is 9.79. The van der Waals surface area contributed by atoms with Crippen molar-refractivity contribution in [3.05, 3.63) is 228 Å². The van der Waals surface area contributed by atoms with E-state index in [9.17, 15) is 9.59 Å². The van der Waals surface area contributed by atoms with Crippen LogP contribution in [0, 0.1) is 0 Å². The average molecular weight is 1140 g/mol. The van der Waals surface area contributed by atoms with Crippen LogP contribution in [0.15, 0.2) is 194 Å². The third-order valence-electron chi connectivity index (χ3n) is 15.4. The molecule has 14 heteroatoms. The van der Waals surface area contributed by atoms with E-state index in [2.05, 4.69) is 41.5 Å². The molecule has 0 radical (unpaired) electrons. The van der Waals surface area contributed by atoms with Gasteiger partial charge in [-0.2, -0.15) is 0 Å². The number of rotatable bonds is 14. The summed E-state index contributed by atoms with van der Waals surface area (Å²) in [5.74, 6) is -2.73. The predicted octanol–water partition coefficient (Wildman–Crippen LogP) is 15.9. The van der Waals surface area contributed by atoms with Crippen molar-refractivity contribution in [1.82, 2.24) is 9.80 Å². The molecule has 0 saturated carbocycles. The molecule has 0 fully saturated rings. The van der Waals surface area contributed by atoms with Gasteiger partial charge in [0.05, 0.1) is 22.3 Å². The van der Waals surface area contributed by atoms with Gasteiger partial charge in [0.1, 0.15) is 70.6 Å². The van der Waals surface area contributed by atoms with Gasteiger partial charge in [-0.25, -0.2) is 9.59 Å². The molecule has 11 aromatic rings. The Morgan fingerprint density at radius 2 is 0.558 bits per heavy atom. The summed E-state index contributed by atoms with van der Waals surface area (Å²) in [4.78, 5) is 91.4. The highest BCUT2D eigenvalue weighted by atomic mass is 16.5. The van der Waals surface area contributed by atoms with Gasteiger partial charge in [-0.3, -0.25) is 29.0 Å². The first kappa shape index (κ1) is 54.4. The van der Waals surface area contributed by atoms with Gasteiger partial charge < -0.3 is 28.4 Å². The highest BCUT2D eigenvalue weighted by Gasteiger charge is 2.43. The van der Waals surface area contributed by atoms with Crippen LogP contribution in [0.5, 0.6) is 57.5 Å². The smallest absolute Gasteiger partial charge is 0.331 e. The van der Waals surface area contributed by atoms with Crippen LogP contribution < -0.4 is 28.4 Å². The summed E-state index contributed by atoms with van der Waals surface area (Å²) >= 11 is 0. The van der Waals surface area contributed by atoms with E-state index in [0.29, 0.717) is 55.3 Å². The number of imide groups is 2. The minimum absolute atomic E-state index is 0.00209. The largest absolute Gasteiger partial charge is 0.457 e. The normalized spacial score (nSPS) is 13.2. The Bertz CT molecular complexity index is 4070. The molecule has 14 nitrogen and oxygen atoms in total. The molecule has 0 saturated heterocycles. The van der Waals surface area contributed by atoms with E-state index in [1.807, 2.05) is 48.5 Å². The quantitative estimate of drug-likeness (QED) is 0.0333. The maximum Gasteiger partial charge on any atom is 0.331 e. The number of carbonyl (C=O) groups excluding carboxylic acids is 6. The maximum absolute atomic E-state index is 15.4. The van der Waals surface area contributed by atoms with E-state index in [1.165, 1.54) is 24.3 Å². The van der Waals surface area contributed by atoms with E-state index in [-0.39, 0.29) is 78.4 Å². The van der Waals surface area contributed by atoms with Crippen LogP contribution in [-0.2, 0) is 20.4 Å². The molecule has 0 unspecified atom stereocenters. The maximum atomic E-state index is 15.4. The van der Waals surface area contributed by atoms with Crippen molar-refractivity contribution >= 4 is 78.7 Å². The lowest BCUT2D eigenvalue weighted by atomic mass is 9.80. The first-order valence-electron chi connectivity index (χ1n) is 28.0. The summed E-state index contributed by atoms with van der Waals surface area (Å²) in [7, 11) is 0. The predicted molar refractivity (Wildman–Crippen MR) is 326 cm³/mol. The second kappa shape index (κ2) is 21.1. The number of amides is 4. The fourth-order valence-corrected chi connectivity index (χ4v) is 11.3. The molecule has 11 aromatic carbocycles. The Morgan fingerprint density at radius 3 is 0.791 bits per heavy atom. The molecule has 0 aromatic heterocycles. The number of benzene rings is 11. The van der Waals surface area contributed by atoms with Crippen LogP contribution in [0.1, 0.15) is 94.1 Å². The zero-order chi connectivity index (χ0) is 59.8. The van der Waals surface area contributed by atoms with E-state index >= 15 is 19.2 Å². The van der Waals surface area contributed by atoms with Crippen molar-refractivity contribution in [2.75, 3.05) is 13.1 Å². The van der Waals surface area contributed by atoms with Gasteiger partial charge in [0.2, 0.25) is 0 Å². The van der Waals surface area contributed by atoms with Crippen LogP contribution in [0.25, 0.3) is 43.1 Å².